The van der Waals surface area contributed by atoms with Crippen molar-refractivity contribution in [3.63, 3.8) is 0 Å². The van der Waals surface area contributed by atoms with Crippen molar-refractivity contribution < 1.29 is 27.4 Å². The highest BCUT2D eigenvalue weighted by atomic mass is 32.2. The van der Waals surface area contributed by atoms with Crippen LogP contribution in [0, 0.1) is 6.92 Å². The first kappa shape index (κ1) is 13.2. The van der Waals surface area contributed by atoms with Gasteiger partial charge in [0, 0.05) is 0 Å². The molecule has 16 heavy (non-hydrogen) atoms. The molecule has 1 unspecified atom stereocenters. The van der Waals surface area contributed by atoms with E-state index >= 15 is 0 Å². The molecule has 0 fully saturated rings. The monoisotopic (exact) mass is 252 g/mol. The summed E-state index contributed by atoms with van der Waals surface area (Å²) in [6.45, 7) is 1.79. The second-order valence-corrected chi connectivity index (χ2v) is 4.20. The first-order valence-corrected chi connectivity index (χ1v) is 5.31. The van der Waals surface area contributed by atoms with E-state index in [1.165, 1.54) is 12.1 Å². The van der Waals surface area contributed by atoms with Gasteiger partial charge in [-0.2, -0.15) is 0 Å². The molecule has 4 nitrogen and oxygen atoms in total. The van der Waals surface area contributed by atoms with Crippen LogP contribution in [0.5, 0.6) is 0 Å². The van der Waals surface area contributed by atoms with Gasteiger partial charge in [0.25, 0.3) is 0 Å². The van der Waals surface area contributed by atoms with E-state index in [9.17, 15) is 13.0 Å². The molecule has 0 radical (unpaired) electrons. The van der Waals surface area contributed by atoms with E-state index in [1.807, 2.05) is 0 Å². The number of alkyl halides is 2. The Morgan fingerprint density at radius 2 is 1.81 bits per heavy atom. The Hall–Kier alpha value is -0.890. The molecule has 0 aromatic heterocycles. The number of benzene rings is 1. The van der Waals surface area contributed by atoms with Gasteiger partial charge in [-0.3, -0.25) is 0 Å². The Labute approximate surface area is 93.1 Å². The second-order valence-electron chi connectivity index (χ2n) is 3.09. The van der Waals surface area contributed by atoms with Crippen LogP contribution in [0.3, 0.4) is 0 Å². The average Bonchev–Trinajstić information content (AvgIpc) is 2.17. The van der Waals surface area contributed by atoms with Crippen molar-refractivity contribution in [3.05, 3.63) is 29.8 Å². The molecule has 90 valence electrons. The maximum atomic E-state index is 12.0. The number of aryl methyl sites for hydroxylation is 1. The zero-order valence-corrected chi connectivity index (χ0v) is 9.08. The lowest BCUT2D eigenvalue weighted by Gasteiger charge is -2.18. The fourth-order valence-electron chi connectivity index (χ4n) is 0.845. The predicted molar refractivity (Wildman–Crippen MR) is 51.8 cm³/mol. The lowest BCUT2D eigenvalue weighted by atomic mass is 10.2. The summed E-state index contributed by atoms with van der Waals surface area (Å²) in [6, 6.07) is 5.95. The minimum Gasteiger partial charge on any atom is -0.338 e. The van der Waals surface area contributed by atoms with Crippen LogP contribution in [0.2, 0.25) is 0 Å². The smallest absolute Gasteiger partial charge is 0.338 e. The van der Waals surface area contributed by atoms with Gasteiger partial charge in [0.15, 0.2) is 11.1 Å². The van der Waals surface area contributed by atoms with Crippen molar-refractivity contribution in [1.29, 1.82) is 0 Å². The van der Waals surface area contributed by atoms with Crippen LogP contribution in [-0.4, -0.2) is 26.8 Å². The molecule has 0 amide bonds. The highest BCUT2D eigenvalue weighted by Gasteiger charge is 2.39. The summed E-state index contributed by atoms with van der Waals surface area (Å²) in [5.41, 5.74) is 0.883. The Morgan fingerprint density at radius 3 is 2.25 bits per heavy atom. The van der Waals surface area contributed by atoms with Gasteiger partial charge >= 0.3 is 12.4 Å². The number of hydrogen-bond donors (Lipinski definition) is 2. The SMILES string of the molecule is Cc1ccc(S(=O)OC(O)(O)C(F)F)cc1. The molecule has 0 aliphatic rings. The topological polar surface area (TPSA) is 66.8 Å². The van der Waals surface area contributed by atoms with Crippen molar-refractivity contribution >= 4 is 11.1 Å². The van der Waals surface area contributed by atoms with Crippen molar-refractivity contribution in [2.45, 2.75) is 24.2 Å². The maximum Gasteiger partial charge on any atom is 0.355 e. The molecule has 1 aromatic carbocycles. The van der Waals surface area contributed by atoms with E-state index in [0.29, 0.717) is 0 Å². The summed E-state index contributed by atoms with van der Waals surface area (Å²) >= 11 is -2.36. The third-order valence-corrected chi connectivity index (χ3v) is 2.75. The number of hydrogen-bond acceptors (Lipinski definition) is 4. The summed E-state index contributed by atoms with van der Waals surface area (Å²) in [6.07, 6.45) is -3.57. The average molecular weight is 252 g/mol. The first-order chi connectivity index (χ1) is 7.33. The summed E-state index contributed by atoms with van der Waals surface area (Å²) in [7, 11) is 0. The van der Waals surface area contributed by atoms with Gasteiger partial charge in [-0.15, -0.1) is 0 Å². The van der Waals surface area contributed by atoms with Crippen LogP contribution in [0.15, 0.2) is 29.2 Å². The van der Waals surface area contributed by atoms with Crippen molar-refractivity contribution in [2.75, 3.05) is 0 Å². The van der Waals surface area contributed by atoms with E-state index in [4.69, 9.17) is 10.2 Å². The first-order valence-electron chi connectivity index (χ1n) is 4.24. The highest BCUT2D eigenvalue weighted by molar-refractivity contribution is 7.80. The summed E-state index contributed by atoms with van der Waals surface area (Å²) in [5, 5.41) is 17.3. The normalized spacial score (nSPS) is 14.1. The Bertz CT molecular complexity index is 378. The van der Waals surface area contributed by atoms with E-state index in [2.05, 4.69) is 4.18 Å². The molecule has 0 bridgehead atoms. The second kappa shape index (κ2) is 4.96. The summed E-state index contributed by atoms with van der Waals surface area (Å²) < 4.78 is 39.3. The van der Waals surface area contributed by atoms with Crippen molar-refractivity contribution in [2.24, 2.45) is 0 Å². The third kappa shape index (κ3) is 3.31. The predicted octanol–water partition coefficient (Wildman–Crippen LogP) is 0.938. The van der Waals surface area contributed by atoms with Crippen molar-refractivity contribution in [1.82, 2.24) is 0 Å². The van der Waals surface area contributed by atoms with E-state index in [1.54, 1.807) is 19.1 Å². The van der Waals surface area contributed by atoms with E-state index in [0.717, 1.165) is 5.56 Å². The minimum absolute atomic E-state index is 0.0683. The molecule has 1 atom stereocenters. The van der Waals surface area contributed by atoms with Gasteiger partial charge in [0.05, 0.1) is 4.90 Å². The van der Waals surface area contributed by atoms with Crippen LogP contribution in [0.1, 0.15) is 5.56 Å². The molecule has 7 heteroatoms. The summed E-state index contributed by atoms with van der Waals surface area (Å²) in [4.78, 5) is 0.0683. The molecule has 0 saturated heterocycles. The van der Waals surface area contributed by atoms with Gasteiger partial charge in [0.2, 0.25) is 0 Å². The molecule has 2 N–H and O–H groups in total. The molecule has 1 aromatic rings. The fraction of sp³-hybridized carbons (Fsp3) is 0.333. The molecular formula is C9H10F2O4S. The lowest BCUT2D eigenvalue weighted by Crippen LogP contribution is -2.40. The van der Waals surface area contributed by atoms with Gasteiger partial charge < -0.3 is 10.2 Å². The zero-order chi connectivity index (χ0) is 12.3. The number of rotatable bonds is 4. The quantitative estimate of drug-likeness (QED) is 0.782. The van der Waals surface area contributed by atoms with Gasteiger partial charge in [-0.25, -0.2) is 17.2 Å². The van der Waals surface area contributed by atoms with E-state index < -0.39 is 23.5 Å². The van der Waals surface area contributed by atoms with Crippen LogP contribution in [0.25, 0.3) is 0 Å². The molecule has 0 heterocycles. The fourth-order valence-corrected chi connectivity index (χ4v) is 1.60. The Kier molecular flexibility index (Phi) is 4.09. The third-order valence-electron chi connectivity index (χ3n) is 1.70. The zero-order valence-electron chi connectivity index (χ0n) is 8.26. The standard InChI is InChI=1S/C9H10F2O4S/c1-6-2-4-7(5-3-6)16(14)15-9(12,13)8(10)11/h2-5,8,12-13H,1H3. The minimum atomic E-state index is -3.71. The van der Waals surface area contributed by atoms with Crippen LogP contribution in [0.4, 0.5) is 8.78 Å². The molecule has 1 rings (SSSR count). The maximum absolute atomic E-state index is 12.0. The largest absolute Gasteiger partial charge is 0.355 e. The van der Waals surface area contributed by atoms with Crippen LogP contribution >= 0.6 is 0 Å². The van der Waals surface area contributed by atoms with Crippen LogP contribution < -0.4 is 0 Å². The van der Waals surface area contributed by atoms with E-state index in [-0.39, 0.29) is 4.90 Å². The lowest BCUT2D eigenvalue weighted by molar-refractivity contribution is -0.344. The van der Waals surface area contributed by atoms with Crippen molar-refractivity contribution in [3.8, 4) is 0 Å². The Morgan fingerprint density at radius 1 is 1.31 bits per heavy atom. The summed E-state index contributed by atoms with van der Waals surface area (Å²) in [5.74, 6) is -3.71. The van der Waals surface area contributed by atoms with Crippen LogP contribution in [-0.2, 0) is 15.3 Å². The molecule has 0 saturated carbocycles. The molecule has 0 aliphatic carbocycles. The number of aliphatic hydroxyl groups is 2. The molecule has 0 spiro atoms. The Balaban J connectivity index is 2.77. The van der Waals surface area contributed by atoms with Gasteiger partial charge in [-0.1, -0.05) is 17.7 Å². The van der Waals surface area contributed by atoms with Gasteiger partial charge in [0.1, 0.15) is 0 Å². The molecule has 0 aliphatic heterocycles. The molecular weight excluding hydrogens is 242 g/mol. The number of halogens is 2. The highest BCUT2D eigenvalue weighted by Crippen LogP contribution is 2.19. The van der Waals surface area contributed by atoms with Gasteiger partial charge in [-0.05, 0) is 19.1 Å².